The van der Waals surface area contributed by atoms with Gasteiger partial charge in [-0.25, -0.2) is 0 Å². The van der Waals surface area contributed by atoms with Crippen LogP contribution in [-0.4, -0.2) is 0 Å². The number of benzene rings is 1. The largest absolute Gasteiger partial charge is 0.322 e. The first kappa shape index (κ1) is 38.5. The molecule has 1 nitrogen and oxygen atoms in total. The lowest BCUT2D eigenvalue weighted by molar-refractivity contribution is 0.531. The quantitative estimate of drug-likeness (QED) is 0.106. The van der Waals surface area contributed by atoms with Gasteiger partial charge in [0.25, 0.3) is 0 Å². The van der Waals surface area contributed by atoms with Gasteiger partial charge < -0.3 is 5.73 Å². The highest BCUT2D eigenvalue weighted by molar-refractivity contribution is 5.85. The molecule has 0 bridgehead atoms. The van der Waals surface area contributed by atoms with E-state index in [-0.39, 0.29) is 17.9 Å². The number of aryl methyl sites for hydroxylation is 1. The minimum absolute atomic E-state index is 0. The highest BCUT2D eigenvalue weighted by atomic mass is 35.5. The number of halogens is 1. The van der Waals surface area contributed by atoms with Crippen LogP contribution in [0.2, 0.25) is 0 Å². The second-order valence-electron chi connectivity index (χ2n) is 12.9. The number of unbranched alkanes of at least 4 members (excludes halogenated alkanes) is 22. The van der Waals surface area contributed by atoms with Crippen LogP contribution >= 0.6 is 12.4 Å². The van der Waals surface area contributed by atoms with Gasteiger partial charge in [0.05, 0.1) is 0 Å². The Hall–Kier alpha value is -0.530. The van der Waals surface area contributed by atoms with Gasteiger partial charge in [-0.2, -0.15) is 0 Å². The molecule has 0 unspecified atom stereocenters. The molecule has 0 aromatic heterocycles. The minimum Gasteiger partial charge on any atom is -0.322 e. The summed E-state index contributed by atoms with van der Waals surface area (Å²) < 4.78 is 0. The Morgan fingerprint density at radius 1 is 0.487 bits per heavy atom. The standard InChI is InChI=1S/C37H69N.ClH/c1-5-7-9-11-13-15-17-19-21-23-25-27-30-34-31-29-33-36(37(3,4)38)35(34)32-28-26-24-22-20-18-16-14-12-10-8-6-2;/h29,31,33H,5-28,30,32,38H2,1-4H3;1H. The predicted molar refractivity (Wildman–Crippen MR) is 180 cm³/mol. The fraction of sp³-hybridized carbons (Fsp3) is 0.838. The van der Waals surface area contributed by atoms with E-state index in [0.29, 0.717) is 0 Å². The van der Waals surface area contributed by atoms with Crippen molar-refractivity contribution in [2.24, 2.45) is 5.73 Å². The molecule has 0 aliphatic rings. The summed E-state index contributed by atoms with van der Waals surface area (Å²) in [5.74, 6) is 0. The molecule has 1 aromatic rings. The van der Waals surface area contributed by atoms with Crippen molar-refractivity contribution in [3.05, 3.63) is 34.9 Å². The molecule has 2 heteroatoms. The molecule has 0 saturated heterocycles. The van der Waals surface area contributed by atoms with Crippen molar-refractivity contribution >= 4 is 12.4 Å². The summed E-state index contributed by atoms with van der Waals surface area (Å²) in [6.45, 7) is 8.97. The van der Waals surface area contributed by atoms with Gasteiger partial charge in [-0.1, -0.05) is 173 Å². The molecule has 0 atom stereocenters. The summed E-state index contributed by atoms with van der Waals surface area (Å²) in [4.78, 5) is 0. The van der Waals surface area contributed by atoms with Gasteiger partial charge in [0, 0.05) is 5.54 Å². The van der Waals surface area contributed by atoms with Gasteiger partial charge in [-0.15, -0.1) is 12.4 Å². The lowest BCUT2D eigenvalue weighted by Crippen LogP contribution is -2.30. The van der Waals surface area contributed by atoms with Crippen LogP contribution in [0.25, 0.3) is 0 Å². The van der Waals surface area contributed by atoms with Gasteiger partial charge in [0.15, 0.2) is 0 Å². The fourth-order valence-corrected chi connectivity index (χ4v) is 6.07. The number of rotatable bonds is 27. The van der Waals surface area contributed by atoms with Gasteiger partial charge in [0.1, 0.15) is 0 Å². The van der Waals surface area contributed by atoms with Crippen molar-refractivity contribution in [1.29, 1.82) is 0 Å². The van der Waals surface area contributed by atoms with Crippen LogP contribution in [0.5, 0.6) is 0 Å². The molecule has 0 aliphatic heterocycles. The second kappa shape index (κ2) is 26.4. The van der Waals surface area contributed by atoms with E-state index in [4.69, 9.17) is 5.73 Å². The Morgan fingerprint density at radius 2 is 0.821 bits per heavy atom. The van der Waals surface area contributed by atoms with Crippen LogP contribution in [0.1, 0.15) is 198 Å². The maximum absolute atomic E-state index is 6.63. The molecule has 0 amide bonds. The van der Waals surface area contributed by atoms with E-state index in [1.54, 1.807) is 11.1 Å². The van der Waals surface area contributed by atoms with E-state index in [0.717, 1.165) is 0 Å². The number of hydrogen-bond donors (Lipinski definition) is 1. The third-order valence-corrected chi connectivity index (χ3v) is 8.55. The van der Waals surface area contributed by atoms with E-state index in [2.05, 4.69) is 45.9 Å². The smallest absolute Gasteiger partial charge is 0.0355 e. The van der Waals surface area contributed by atoms with Crippen molar-refractivity contribution in [1.82, 2.24) is 0 Å². The van der Waals surface area contributed by atoms with E-state index < -0.39 is 0 Å². The minimum atomic E-state index is -0.251. The van der Waals surface area contributed by atoms with Gasteiger partial charge >= 0.3 is 0 Å². The predicted octanol–water partition coefficient (Wildman–Crippen LogP) is 12.8. The fourth-order valence-electron chi connectivity index (χ4n) is 6.07. The molecule has 230 valence electrons. The van der Waals surface area contributed by atoms with E-state index >= 15 is 0 Å². The molecule has 0 saturated carbocycles. The Labute approximate surface area is 252 Å². The lowest BCUT2D eigenvalue weighted by Gasteiger charge is -2.25. The van der Waals surface area contributed by atoms with Crippen LogP contribution in [0.15, 0.2) is 18.2 Å². The SMILES string of the molecule is CCCCCCCCCCCCCCc1cccc(C(C)(C)N)c1CCCCCCCCCCCCCC.Cl. The van der Waals surface area contributed by atoms with E-state index in [9.17, 15) is 0 Å². The molecule has 0 fully saturated rings. The van der Waals surface area contributed by atoms with E-state index in [1.807, 2.05) is 0 Å². The summed E-state index contributed by atoms with van der Waals surface area (Å²) >= 11 is 0. The zero-order valence-electron chi connectivity index (χ0n) is 27.1. The molecular weight excluding hydrogens is 494 g/mol. The number of hydrogen-bond acceptors (Lipinski definition) is 1. The molecule has 0 spiro atoms. The number of nitrogens with two attached hydrogens (primary N) is 1. The first-order chi connectivity index (χ1) is 18.5. The third-order valence-electron chi connectivity index (χ3n) is 8.55. The van der Waals surface area contributed by atoms with Crippen LogP contribution in [0.4, 0.5) is 0 Å². The Kier molecular flexibility index (Phi) is 26.0. The van der Waals surface area contributed by atoms with Crippen molar-refractivity contribution < 1.29 is 0 Å². The highest BCUT2D eigenvalue weighted by Gasteiger charge is 2.20. The maximum atomic E-state index is 6.63. The zero-order valence-corrected chi connectivity index (χ0v) is 27.9. The summed E-state index contributed by atoms with van der Waals surface area (Å²) in [6, 6.07) is 6.94. The van der Waals surface area contributed by atoms with Gasteiger partial charge in [-0.05, 0) is 56.2 Å². The summed E-state index contributed by atoms with van der Waals surface area (Å²) in [5.41, 5.74) is 10.9. The van der Waals surface area contributed by atoms with Crippen LogP contribution in [0, 0.1) is 0 Å². The molecule has 39 heavy (non-hydrogen) atoms. The summed E-state index contributed by atoms with van der Waals surface area (Å²) in [5, 5.41) is 0. The third kappa shape index (κ3) is 20.9. The Balaban J connectivity index is 0.0000144. The van der Waals surface area contributed by atoms with Crippen LogP contribution < -0.4 is 5.73 Å². The maximum Gasteiger partial charge on any atom is 0.0355 e. The average molecular weight is 564 g/mol. The van der Waals surface area contributed by atoms with Crippen molar-refractivity contribution in [3.63, 3.8) is 0 Å². The Bertz CT molecular complexity index is 647. The summed E-state index contributed by atoms with van der Waals surface area (Å²) in [6.07, 6.45) is 36.4. The van der Waals surface area contributed by atoms with E-state index in [1.165, 1.54) is 173 Å². The topological polar surface area (TPSA) is 26.0 Å². The molecule has 0 heterocycles. The first-order valence-electron chi connectivity index (χ1n) is 17.4. The molecule has 0 radical (unpaired) electrons. The lowest BCUT2D eigenvalue weighted by atomic mass is 9.84. The zero-order chi connectivity index (χ0) is 27.7. The van der Waals surface area contributed by atoms with Crippen molar-refractivity contribution in [2.45, 2.75) is 200 Å². The molecule has 1 rings (SSSR count). The normalized spacial score (nSPS) is 11.6. The summed E-state index contributed by atoms with van der Waals surface area (Å²) in [7, 11) is 0. The Morgan fingerprint density at radius 3 is 1.18 bits per heavy atom. The van der Waals surface area contributed by atoms with Crippen LogP contribution in [0.3, 0.4) is 0 Å². The monoisotopic (exact) mass is 564 g/mol. The average Bonchev–Trinajstić information content (AvgIpc) is 2.89. The highest BCUT2D eigenvalue weighted by Crippen LogP contribution is 2.28. The second-order valence-corrected chi connectivity index (χ2v) is 12.9. The molecule has 1 aromatic carbocycles. The molecule has 2 N–H and O–H groups in total. The van der Waals surface area contributed by atoms with Crippen molar-refractivity contribution in [2.75, 3.05) is 0 Å². The van der Waals surface area contributed by atoms with Gasteiger partial charge in [0.2, 0.25) is 0 Å². The first-order valence-corrected chi connectivity index (χ1v) is 17.4. The molecule has 0 aliphatic carbocycles. The van der Waals surface area contributed by atoms with Crippen molar-refractivity contribution in [3.8, 4) is 0 Å². The van der Waals surface area contributed by atoms with Gasteiger partial charge in [-0.3, -0.25) is 0 Å². The molecular formula is C37H70ClN. The van der Waals surface area contributed by atoms with Crippen LogP contribution in [-0.2, 0) is 18.4 Å².